The van der Waals surface area contributed by atoms with Gasteiger partial charge in [-0.15, -0.1) is 0 Å². The summed E-state index contributed by atoms with van der Waals surface area (Å²) in [6.45, 7) is 12.3. The van der Waals surface area contributed by atoms with Crippen LogP contribution in [-0.2, 0) is 16.8 Å². The van der Waals surface area contributed by atoms with E-state index in [0.29, 0.717) is 0 Å². The van der Waals surface area contributed by atoms with Crippen molar-refractivity contribution >= 4 is 22.8 Å². The number of benzene rings is 1. The predicted octanol–water partition coefficient (Wildman–Crippen LogP) is 1.82. The van der Waals surface area contributed by atoms with Gasteiger partial charge in [-0.05, 0) is 26.5 Å². The fourth-order valence-corrected chi connectivity index (χ4v) is 3.80. The van der Waals surface area contributed by atoms with Crippen molar-refractivity contribution in [1.29, 1.82) is 0 Å². The maximum absolute atomic E-state index is 4.38. The monoisotopic (exact) mass is 271 g/mol. The van der Waals surface area contributed by atoms with E-state index in [-0.39, 0.29) is 5.41 Å². The predicted molar refractivity (Wildman–Crippen MR) is 85.0 cm³/mol. The fraction of sp³-hybridized carbons (Fsp3) is 0.412. The molecule has 0 aliphatic carbocycles. The Bertz CT molecular complexity index is 708. The third-order valence-electron chi connectivity index (χ3n) is 4.33. The highest BCUT2D eigenvalue weighted by molar-refractivity contribution is 7.78. The number of fused-ring (bicyclic) bond motifs is 3. The van der Waals surface area contributed by atoms with Crippen molar-refractivity contribution < 1.29 is 0 Å². The Labute approximate surface area is 118 Å². The number of allylic oxidation sites excluding steroid dienone is 1. The lowest BCUT2D eigenvalue weighted by atomic mass is 9.84. The molecule has 98 valence electrons. The number of unbranched alkanes of at least 4 members (excludes halogenated alkanes) is 1. The average Bonchev–Trinajstić information content (AvgIpc) is 2.92. The Morgan fingerprint density at radius 3 is 2.84 bits per heavy atom. The van der Waals surface area contributed by atoms with E-state index in [1.165, 1.54) is 39.6 Å². The molecule has 19 heavy (non-hydrogen) atoms. The standard InChI is InChI=1S/C17H21NS/c1-5-6-10-18-12(2)17(3,4)14-7-8-15-13(16(14)18)9-11-19-15/h7-9,11H,2,5-6,10H2,1,3-4H3/q+2. The van der Waals surface area contributed by atoms with E-state index in [0.717, 1.165) is 6.54 Å². The molecule has 0 N–H and O–H groups in total. The highest BCUT2D eigenvalue weighted by atomic mass is 32.1. The van der Waals surface area contributed by atoms with Crippen LogP contribution in [0.15, 0.2) is 29.3 Å². The molecule has 0 atom stereocenters. The molecule has 2 aliphatic heterocycles. The molecular weight excluding hydrogens is 250 g/mol. The van der Waals surface area contributed by atoms with Crippen LogP contribution in [0, 0.1) is 0 Å². The summed E-state index contributed by atoms with van der Waals surface area (Å²) in [6, 6.07) is 4.56. The van der Waals surface area contributed by atoms with E-state index in [2.05, 4.69) is 55.5 Å². The minimum atomic E-state index is 0.0548. The molecule has 2 heterocycles. The van der Waals surface area contributed by atoms with Crippen LogP contribution in [0.25, 0.3) is 6.08 Å². The largest absolute Gasteiger partial charge is 0.244 e. The fourth-order valence-electron chi connectivity index (χ4n) is 3.01. The molecule has 3 rings (SSSR count). The summed E-state index contributed by atoms with van der Waals surface area (Å²) in [5.41, 5.74) is 2.73. The SMILES string of the molecule is C=C1[N+](CCCC)=c2c(ccc3c2=CC=[S+]3)C1(C)C. The van der Waals surface area contributed by atoms with Gasteiger partial charge in [0.05, 0.1) is 5.41 Å². The van der Waals surface area contributed by atoms with Gasteiger partial charge < -0.3 is 0 Å². The van der Waals surface area contributed by atoms with Crippen molar-refractivity contribution in [1.82, 2.24) is 4.58 Å². The molecular formula is C17H21NS+2. The van der Waals surface area contributed by atoms with Crippen LogP contribution < -0.4 is 15.2 Å². The van der Waals surface area contributed by atoms with Gasteiger partial charge in [-0.3, -0.25) is 0 Å². The minimum absolute atomic E-state index is 0.0548. The molecule has 2 aliphatic rings. The van der Waals surface area contributed by atoms with Crippen LogP contribution in [0.5, 0.6) is 0 Å². The average molecular weight is 271 g/mol. The van der Waals surface area contributed by atoms with E-state index in [9.17, 15) is 0 Å². The molecule has 0 amide bonds. The minimum Gasteiger partial charge on any atom is -0.195 e. The summed E-state index contributed by atoms with van der Waals surface area (Å²) in [5, 5.41) is 4.99. The van der Waals surface area contributed by atoms with Gasteiger partial charge in [-0.1, -0.05) is 13.3 Å². The zero-order valence-electron chi connectivity index (χ0n) is 12.0. The second-order valence-electron chi connectivity index (χ2n) is 5.87. The molecule has 0 bridgehead atoms. The lowest BCUT2D eigenvalue weighted by Crippen LogP contribution is -2.38. The lowest BCUT2D eigenvalue weighted by molar-refractivity contribution is 0.549. The van der Waals surface area contributed by atoms with E-state index in [4.69, 9.17) is 0 Å². The summed E-state index contributed by atoms with van der Waals surface area (Å²) in [5.74, 6) is 0. The molecule has 0 aromatic heterocycles. The van der Waals surface area contributed by atoms with Crippen LogP contribution in [0.3, 0.4) is 0 Å². The van der Waals surface area contributed by atoms with Crippen LogP contribution in [-0.4, -0.2) is 11.9 Å². The van der Waals surface area contributed by atoms with Gasteiger partial charge in [0.15, 0.2) is 11.1 Å². The normalized spacial score (nSPS) is 18.5. The number of nitrogens with zero attached hydrogens (tertiary/aromatic N) is 1. The van der Waals surface area contributed by atoms with Crippen molar-refractivity contribution in [3.8, 4) is 0 Å². The van der Waals surface area contributed by atoms with Crippen molar-refractivity contribution in [2.45, 2.75) is 43.9 Å². The highest BCUT2D eigenvalue weighted by Gasteiger charge is 2.43. The summed E-state index contributed by atoms with van der Waals surface area (Å²) in [7, 11) is 0. The van der Waals surface area contributed by atoms with Crippen molar-refractivity contribution in [3.05, 3.63) is 40.5 Å². The first kappa shape index (κ1) is 12.7. The van der Waals surface area contributed by atoms with Crippen molar-refractivity contribution in [3.63, 3.8) is 0 Å². The Hall–Kier alpha value is -1.28. The quantitative estimate of drug-likeness (QED) is 0.448. The summed E-state index contributed by atoms with van der Waals surface area (Å²) >= 11 is 1.82. The zero-order chi connectivity index (χ0) is 13.6. The van der Waals surface area contributed by atoms with Gasteiger partial charge in [-0.25, -0.2) is 0 Å². The number of hydrogen-bond acceptors (Lipinski definition) is 0. The second kappa shape index (κ2) is 4.38. The van der Waals surface area contributed by atoms with E-state index in [1.54, 1.807) is 0 Å². The van der Waals surface area contributed by atoms with Gasteiger partial charge >= 0.3 is 0 Å². The molecule has 0 spiro atoms. The molecule has 1 nitrogen and oxygen atoms in total. The Kier molecular flexibility index (Phi) is 2.94. The Morgan fingerprint density at radius 2 is 2.11 bits per heavy atom. The first-order chi connectivity index (χ1) is 9.07. The van der Waals surface area contributed by atoms with Gasteiger partial charge in [0, 0.05) is 24.1 Å². The van der Waals surface area contributed by atoms with E-state index in [1.807, 2.05) is 11.4 Å². The van der Waals surface area contributed by atoms with Gasteiger partial charge in [-0.2, -0.15) is 4.58 Å². The zero-order valence-corrected chi connectivity index (χ0v) is 12.8. The molecule has 0 unspecified atom stereocenters. The molecule has 0 saturated heterocycles. The van der Waals surface area contributed by atoms with Crippen LogP contribution in [0.4, 0.5) is 0 Å². The molecule has 1 aromatic carbocycles. The summed E-state index contributed by atoms with van der Waals surface area (Å²) in [4.78, 5) is 1.38. The van der Waals surface area contributed by atoms with Crippen LogP contribution in [0.2, 0.25) is 0 Å². The van der Waals surface area contributed by atoms with Gasteiger partial charge in [0.2, 0.25) is 21.6 Å². The maximum atomic E-state index is 4.38. The summed E-state index contributed by atoms with van der Waals surface area (Å²) in [6.07, 6.45) is 4.70. The number of hydrogen-bond donors (Lipinski definition) is 0. The molecule has 0 saturated carbocycles. The first-order valence-electron chi connectivity index (χ1n) is 7.05. The van der Waals surface area contributed by atoms with Crippen LogP contribution in [0.1, 0.15) is 39.2 Å². The van der Waals surface area contributed by atoms with Gasteiger partial charge in [0.1, 0.15) is 11.8 Å². The third-order valence-corrected chi connectivity index (χ3v) is 5.21. The highest BCUT2D eigenvalue weighted by Crippen LogP contribution is 2.31. The van der Waals surface area contributed by atoms with Crippen LogP contribution >= 0.6 is 0 Å². The second-order valence-corrected chi connectivity index (χ2v) is 6.82. The molecule has 2 heteroatoms. The Morgan fingerprint density at radius 1 is 1.32 bits per heavy atom. The summed E-state index contributed by atoms with van der Waals surface area (Å²) < 4.78 is 2.45. The molecule has 1 aromatic rings. The van der Waals surface area contributed by atoms with E-state index < -0.39 is 0 Å². The van der Waals surface area contributed by atoms with Crippen molar-refractivity contribution in [2.24, 2.45) is 0 Å². The molecule has 0 fully saturated rings. The first-order valence-corrected chi connectivity index (χ1v) is 7.93. The van der Waals surface area contributed by atoms with Crippen molar-refractivity contribution in [2.75, 3.05) is 6.54 Å². The van der Waals surface area contributed by atoms with E-state index >= 15 is 0 Å². The molecule has 0 radical (unpaired) electrons. The maximum Gasteiger partial charge on any atom is 0.244 e. The third kappa shape index (κ3) is 1.73. The number of rotatable bonds is 3. The lowest BCUT2D eigenvalue weighted by Gasteiger charge is -2.16. The Balaban J connectivity index is 2.34. The topological polar surface area (TPSA) is 3.01 Å². The van der Waals surface area contributed by atoms with Gasteiger partial charge in [0.25, 0.3) is 0 Å². The smallest absolute Gasteiger partial charge is 0.195 e.